The van der Waals surface area contributed by atoms with Gasteiger partial charge in [0.25, 0.3) is 0 Å². The minimum Gasteiger partial charge on any atom is -0.473 e. The normalized spacial score (nSPS) is 18.8. The van der Waals surface area contributed by atoms with E-state index in [4.69, 9.17) is 9.48 Å². The Morgan fingerprint density at radius 1 is 0.759 bits per heavy atom. The highest BCUT2D eigenvalue weighted by Crippen LogP contribution is 2.49. The molecule has 2 atom stereocenters. The van der Waals surface area contributed by atoms with Crippen molar-refractivity contribution in [1.82, 2.24) is 0 Å². The number of hydrogen-bond acceptors (Lipinski definition) is 3. The summed E-state index contributed by atoms with van der Waals surface area (Å²) in [5.41, 5.74) is 0.629. The van der Waals surface area contributed by atoms with Crippen molar-refractivity contribution < 1.29 is 4.74 Å². The minimum absolute atomic E-state index is 0.0305. The van der Waals surface area contributed by atoms with E-state index in [2.05, 4.69) is 42.5 Å². The Morgan fingerprint density at radius 2 is 1.17 bits per heavy atom. The number of nitriles is 1. The summed E-state index contributed by atoms with van der Waals surface area (Å²) in [6, 6.07) is 33.5. The van der Waals surface area contributed by atoms with Gasteiger partial charge in [-0.05, 0) is 6.92 Å². The maximum absolute atomic E-state index is 9.80. The Balaban J connectivity index is 2.13. The Bertz CT molecular complexity index is 1010. The molecule has 0 radical (unpaired) electrons. The largest absolute Gasteiger partial charge is 0.473 e. The molecule has 3 aromatic carbocycles. The molecule has 0 saturated carbocycles. The monoisotopic (exact) mass is 398 g/mol. The molecule has 144 valence electrons. The number of ether oxygens (including phenoxy) is 1. The lowest BCUT2D eigenvalue weighted by molar-refractivity contribution is 0.133. The van der Waals surface area contributed by atoms with Crippen LogP contribution < -0.4 is 15.9 Å². The highest BCUT2D eigenvalue weighted by Gasteiger charge is 2.34. The van der Waals surface area contributed by atoms with Crippen molar-refractivity contribution >= 4 is 23.0 Å². The molecule has 3 nitrogen and oxygen atoms in total. The minimum atomic E-state index is -2.41. The van der Waals surface area contributed by atoms with Crippen LogP contribution in [0.1, 0.15) is 13.8 Å². The van der Waals surface area contributed by atoms with Crippen molar-refractivity contribution in [2.24, 2.45) is 10.7 Å². The highest BCUT2D eigenvalue weighted by molar-refractivity contribution is 7.87. The van der Waals surface area contributed by atoms with Gasteiger partial charge >= 0.3 is 0 Å². The Morgan fingerprint density at radius 3 is 1.55 bits per heavy atom. The maximum atomic E-state index is 9.80. The molecule has 3 aromatic rings. The second kappa shape index (κ2) is 8.11. The van der Waals surface area contributed by atoms with Gasteiger partial charge in [0.2, 0.25) is 5.88 Å². The molecule has 0 amide bonds. The van der Waals surface area contributed by atoms with Gasteiger partial charge in [-0.2, -0.15) is 5.26 Å². The molecule has 0 fully saturated rings. The van der Waals surface area contributed by atoms with Crippen LogP contribution >= 0.6 is 7.05 Å². The van der Waals surface area contributed by atoms with Crippen LogP contribution in [0.5, 0.6) is 0 Å². The predicted molar refractivity (Wildman–Crippen MR) is 120 cm³/mol. The molecule has 4 rings (SSSR count). The van der Waals surface area contributed by atoms with E-state index in [1.807, 2.05) is 68.4 Å². The first-order chi connectivity index (χ1) is 14.2. The van der Waals surface area contributed by atoms with Gasteiger partial charge in [0.05, 0.1) is 12.6 Å². The Hall–Kier alpha value is -3.08. The van der Waals surface area contributed by atoms with E-state index in [1.165, 1.54) is 0 Å². The molecule has 1 heterocycles. The molecule has 2 unspecified atom stereocenters. The van der Waals surface area contributed by atoms with E-state index in [9.17, 15) is 5.26 Å². The summed E-state index contributed by atoms with van der Waals surface area (Å²) in [5.74, 6) is 0.514. The summed E-state index contributed by atoms with van der Waals surface area (Å²) in [6.45, 7) is 4.03. The third kappa shape index (κ3) is 3.41. The molecule has 0 aromatic heterocycles. The molecular formula is C25H23N2OP. The van der Waals surface area contributed by atoms with Crippen molar-refractivity contribution in [3.63, 3.8) is 0 Å². The fourth-order valence-corrected chi connectivity index (χ4v) is 7.17. The van der Waals surface area contributed by atoms with E-state index in [-0.39, 0.29) is 12.0 Å². The quantitative estimate of drug-likeness (QED) is 0.584. The van der Waals surface area contributed by atoms with Crippen LogP contribution in [0.4, 0.5) is 0 Å². The topological polar surface area (TPSA) is 45.4 Å². The number of benzene rings is 3. The average molecular weight is 398 g/mol. The van der Waals surface area contributed by atoms with Crippen LogP contribution in [-0.4, -0.2) is 6.10 Å². The SMILES string of the molecule is CC1OC(N=P(c2ccccc2)(c2ccccc2)c2ccccc2)=C(C#N)C1C. The summed E-state index contributed by atoms with van der Waals surface area (Å²) in [4.78, 5) is 0. The Labute approximate surface area is 172 Å². The van der Waals surface area contributed by atoms with E-state index in [0.717, 1.165) is 15.9 Å². The maximum Gasteiger partial charge on any atom is 0.227 e. The second-order valence-corrected chi connectivity index (χ2v) is 10.2. The van der Waals surface area contributed by atoms with Crippen LogP contribution in [0.2, 0.25) is 0 Å². The number of rotatable bonds is 4. The van der Waals surface area contributed by atoms with Gasteiger partial charge in [-0.3, -0.25) is 0 Å². The van der Waals surface area contributed by atoms with Crippen molar-refractivity contribution in [1.29, 1.82) is 5.26 Å². The van der Waals surface area contributed by atoms with Crippen molar-refractivity contribution in [2.45, 2.75) is 20.0 Å². The molecule has 0 bridgehead atoms. The van der Waals surface area contributed by atoms with Gasteiger partial charge in [0, 0.05) is 21.8 Å². The van der Waals surface area contributed by atoms with Crippen LogP contribution in [-0.2, 0) is 4.74 Å². The molecule has 29 heavy (non-hydrogen) atoms. The molecular weight excluding hydrogens is 375 g/mol. The van der Waals surface area contributed by atoms with Gasteiger partial charge in [0.15, 0.2) is 0 Å². The predicted octanol–water partition coefficient (Wildman–Crippen LogP) is 4.95. The smallest absolute Gasteiger partial charge is 0.227 e. The van der Waals surface area contributed by atoms with Crippen LogP contribution in [0, 0.1) is 17.2 Å². The first-order valence-corrected chi connectivity index (χ1v) is 11.5. The number of nitrogens with zero attached hydrogens (tertiary/aromatic N) is 2. The zero-order valence-corrected chi connectivity index (χ0v) is 17.5. The van der Waals surface area contributed by atoms with Crippen LogP contribution in [0.3, 0.4) is 0 Å². The standard InChI is InChI=1S/C25H23N2OP/c1-19-20(2)28-25(24(19)18-26)27-29(21-12-6-3-7-13-21,22-14-8-4-9-15-22)23-16-10-5-11-17-23/h3-17,19-20H,1-2H3. The fraction of sp³-hybridized carbons (Fsp3) is 0.160. The summed E-state index contributed by atoms with van der Waals surface area (Å²) in [5, 5.41) is 13.2. The van der Waals surface area contributed by atoms with Gasteiger partial charge in [-0.1, -0.05) is 97.9 Å². The van der Waals surface area contributed by atoms with Crippen molar-refractivity contribution in [3.05, 3.63) is 102 Å². The van der Waals surface area contributed by atoms with Crippen LogP contribution in [0.25, 0.3) is 0 Å². The molecule has 0 aliphatic carbocycles. The van der Waals surface area contributed by atoms with E-state index >= 15 is 0 Å². The van der Waals surface area contributed by atoms with Crippen LogP contribution in [0.15, 0.2) is 107 Å². The summed E-state index contributed by atoms with van der Waals surface area (Å²) in [7, 11) is -2.41. The average Bonchev–Trinajstić information content (AvgIpc) is 3.06. The van der Waals surface area contributed by atoms with Gasteiger partial charge in [-0.15, -0.1) is 0 Å². The van der Waals surface area contributed by atoms with E-state index < -0.39 is 7.05 Å². The molecule has 0 N–H and O–H groups in total. The lowest BCUT2D eigenvalue weighted by atomic mass is 10.0. The summed E-state index contributed by atoms with van der Waals surface area (Å²) < 4.78 is 11.4. The van der Waals surface area contributed by atoms with Crippen molar-refractivity contribution in [3.8, 4) is 6.07 Å². The molecule has 1 aliphatic heterocycles. The first-order valence-electron chi connectivity index (χ1n) is 9.77. The zero-order valence-electron chi connectivity index (χ0n) is 16.6. The number of hydrogen-bond donors (Lipinski definition) is 0. The summed E-state index contributed by atoms with van der Waals surface area (Å²) >= 11 is 0. The molecule has 1 aliphatic rings. The van der Waals surface area contributed by atoms with E-state index in [1.54, 1.807) is 0 Å². The second-order valence-electron chi connectivity index (χ2n) is 7.18. The van der Waals surface area contributed by atoms with Gasteiger partial charge < -0.3 is 4.74 Å². The third-order valence-electron chi connectivity index (χ3n) is 5.44. The molecule has 4 heteroatoms. The Kier molecular flexibility index (Phi) is 5.38. The van der Waals surface area contributed by atoms with Gasteiger partial charge in [0.1, 0.15) is 12.2 Å². The lowest BCUT2D eigenvalue weighted by Gasteiger charge is -2.27. The first kappa shape index (κ1) is 19.2. The van der Waals surface area contributed by atoms with Crippen molar-refractivity contribution in [2.75, 3.05) is 0 Å². The molecule has 0 spiro atoms. The highest BCUT2D eigenvalue weighted by atomic mass is 31.2. The fourth-order valence-electron chi connectivity index (χ4n) is 3.69. The zero-order chi connectivity index (χ0) is 20.3. The molecule has 0 saturated heterocycles. The van der Waals surface area contributed by atoms with Gasteiger partial charge in [-0.25, -0.2) is 4.74 Å². The third-order valence-corrected chi connectivity index (χ3v) is 9.06. The van der Waals surface area contributed by atoms with E-state index in [0.29, 0.717) is 11.5 Å². The summed E-state index contributed by atoms with van der Waals surface area (Å²) in [6.07, 6.45) is -0.0624. The lowest BCUT2D eigenvalue weighted by Crippen LogP contribution is -2.25.